The van der Waals surface area contributed by atoms with Gasteiger partial charge < -0.3 is 5.11 Å². The third kappa shape index (κ3) is 3.85. The van der Waals surface area contributed by atoms with E-state index in [2.05, 4.69) is 0 Å². The molecular weight excluding hydrogens is 348 g/mol. The third-order valence-corrected chi connectivity index (χ3v) is 8.89. The Balaban J connectivity index is 2.58. The number of hydrogen-bond donors (Lipinski definition) is 1. The summed E-state index contributed by atoms with van der Waals surface area (Å²) in [4.78, 5) is -0.0840. The summed E-state index contributed by atoms with van der Waals surface area (Å²) >= 11 is 0. The van der Waals surface area contributed by atoms with E-state index in [9.17, 15) is 21.9 Å². The topological polar surface area (TPSA) is 88.5 Å². The van der Waals surface area contributed by atoms with Crippen LogP contribution in [0.25, 0.3) is 0 Å². The monoisotopic (exact) mass is 368 g/mol. The molecule has 0 aliphatic heterocycles. The molecule has 0 unspecified atom stereocenters. The smallest absolute Gasteiger partial charge is 0.195 e. The van der Waals surface area contributed by atoms with Crippen LogP contribution in [-0.4, -0.2) is 33.1 Å². The lowest BCUT2D eigenvalue weighted by Gasteiger charge is -2.21. The van der Waals surface area contributed by atoms with Crippen molar-refractivity contribution >= 4 is 19.7 Å². The highest BCUT2D eigenvalue weighted by Crippen LogP contribution is 2.29. The van der Waals surface area contributed by atoms with E-state index in [4.69, 9.17) is 0 Å². The van der Waals surface area contributed by atoms with Gasteiger partial charge in [-0.05, 0) is 36.6 Å². The third-order valence-electron chi connectivity index (χ3n) is 3.74. The lowest BCUT2D eigenvalue weighted by molar-refractivity contribution is 0.232. The van der Waals surface area contributed by atoms with E-state index in [-0.39, 0.29) is 22.8 Å². The van der Waals surface area contributed by atoms with Crippen LogP contribution < -0.4 is 0 Å². The average molecular weight is 368 g/mol. The minimum absolute atomic E-state index is 0.0420. The maximum absolute atomic E-state index is 12.9. The summed E-state index contributed by atoms with van der Waals surface area (Å²) in [6, 6.07) is 15.1. The Labute approximate surface area is 142 Å². The molecule has 130 valence electrons. The quantitative estimate of drug-likeness (QED) is 0.810. The van der Waals surface area contributed by atoms with Crippen molar-refractivity contribution in [3.8, 4) is 0 Å². The zero-order chi connectivity index (χ0) is 17.8. The molecule has 1 atom stereocenters. The van der Waals surface area contributed by atoms with Crippen LogP contribution in [0.5, 0.6) is 0 Å². The van der Waals surface area contributed by atoms with E-state index >= 15 is 0 Å². The van der Waals surface area contributed by atoms with Crippen LogP contribution in [0.15, 0.2) is 70.5 Å². The fourth-order valence-corrected chi connectivity index (χ4v) is 7.19. The molecule has 0 spiro atoms. The van der Waals surface area contributed by atoms with Gasteiger partial charge in [-0.2, -0.15) is 0 Å². The number of rotatable bonds is 7. The van der Waals surface area contributed by atoms with Gasteiger partial charge in [0.2, 0.25) is 0 Å². The van der Waals surface area contributed by atoms with Crippen LogP contribution in [-0.2, 0) is 19.7 Å². The van der Waals surface area contributed by atoms with E-state index in [1.54, 1.807) is 43.3 Å². The van der Waals surface area contributed by atoms with Gasteiger partial charge in [-0.15, -0.1) is 0 Å². The van der Waals surface area contributed by atoms with Crippen molar-refractivity contribution in [1.82, 2.24) is 0 Å². The molecule has 5 nitrogen and oxygen atoms in total. The molecule has 0 heterocycles. The molecular formula is C17H20O5S2. The zero-order valence-electron chi connectivity index (χ0n) is 13.2. The van der Waals surface area contributed by atoms with E-state index in [0.29, 0.717) is 0 Å². The summed E-state index contributed by atoms with van der Waals surface area (Å²) in [5.41, 5.74) is 0. The maximum Gasteiger partial charge on any atom is 0.195 e. The second kappa shape index (κ2) is 7.46. The minimum atomic E-state index is -4.11. The molecule has 0 saturated heterocycles. The van der Waals surface area contributed by atoms with Crippen molar-refractivity contribution in [3.05, 3.63) is 60.7 Å². The summed E-state index contributed by atoms with van der Waals surface area (Å²) in [6.45, 7) is 1.33. The molecule has 0 bridgehead atoms. The zero-order valence-corrected chi connectivity index (χ0v) is 14.9. The molecule has 2 rings (SSSR count). The van der Waals surface area contributed by atoms with E-state index in [1.807, 2.05) is 0 Å². The van der Waals surface area contributed by atoms with Crippen molar-refractivity contribution in [2.45, 2.75) is 27.7 Å². The summed E-state index contributed by atoms with van der Waals surface area (Å²) in [7, 11) is -8.22. The lowest BCUT2D eigenvalue weighted by atomic mass is 10.1. The summed E-state index contributed by atoms with van der Waals surface area (Å²) in [5.74, 6) is -0.466. The molecule has 0 amide bonds. The molecule has 2 aromatic carbocycles. The van der Waals surface area contributed by atoms with Crippen molar-refractivity contribution in [2.75, 3.05) is 6.61 Å². The molecule has 2 aromatic rings. The fraction of sp³-hybridized carbons (Fsp3) is 0.294. The van der Waals surface area contributed by atoms with Gasteiger partial charge in [0, 0.05) is 6.61 Å². The SMILES string of the molecule is C[C@@H](CO)CC(S(=O)(=O)c1ccccc1)S(=O)(=O)c1ccccc1. The standard InChI is InChI=1S/C17H20O5S2/c1-14(13-18)12-17(23(19,20)15-8-4-2-5-9-15)24(21,22)16-10-6-3-7-11-16/h2-11,14,17-18H,12-13H2,1H3/t14-/m1/s1. The maximum atomic E-state index is 12.9. The van der Waals surface area contributed by atoms with Crippen molar-refractivity contribution < 1.29 is 21.9 Å². The Kier molecular flexibility index (Phi) is 5.79. The van der Waals surface area contributed by atoms with Crippen LogP contribution in [0.2, 0.25) is 0 Å². The van der Waals surface area contributed by atoms with Crippen molar-refractivity contribution in [3.63, 3.8) is 0 Å². The number of aliphatic hydroxyl groups is 1. The molecule has 0 fully saturated rings. The van der Waals surface area contributed by atoms with Gasteiger partial charge in [0.1, 0.15) is 0 Å². The van der Waals surface area contributed by atoms with Gasteiger partial charge in [-0.3, -0.25) is 0 Å². The van der Waals surface area contributed by atoms with E-state index in [1.165, 1.54) is 24.3 Å². The fourth-order valence-electron chi connectivity index (χ4n) is 2.35. The molecule has 24 heavy (non-hydrogen) atoms. The van der Waals surface area contributed by atoms with Crippen molar-refractivity contribution in [1.29, 1.82) is 0 Å². The van der Waals surface area contributed by atoms with Gasteiger partial charge in [0.15, 0.2) is 24.3 Å². The van der Waals surface area contributed by atoms with Gasteiger partial charge in [-0.1, -0.05) is 43.3 Å². The summed E-state index contributed by atoms with van der Waals surface area (Å²) < 4.78 is 50.1. The van der Waals surface area contributed by atoms with Crippen LogP contribution in [0, 0.1) is 5.92 Å². The normalized spacial score (nSPS) is 13.8. The van der Waals surface area contributed by atoms with E-state index in [0.717, 1.165) is 0 Å². The Morgan fingerprint density at radius 1 is 0.792 bits per heavy atom. The van der Waals surface area contributed by atoms with Gasteiger partial charge >= 0.3 is 0 Å². The number of sulfone groups is 2. The van der Waals surface area contributed by atoms with Crippen LogP contribution in [0.4, 0.5) is 0 Å². The molecule has 0 radical (unpaired) electrons. The Bertz CT molecular complexity index is 790. The lowest BCUT2D eigenvalue weighted by Crippen LogP contribution is -2.33. The van der Waals surface area contributed by atoms with Crippen LogP contribution >= 0.6 is 0 Å². The molecule has 0 aromatic heterocycles. The van der Waals surface area contributed by atoms with Gasteiger partial charge in [0.05, 0.1) is 9.79 Å². The first-order chi connectivity index (χ1) is 11.3. The Morgan fingerprint density at radius 2 is 1.17 bits per heavy atom. The first kappa shape index (κ1) is 18.6. The summed E-state index contributed by atoms with van der Waals surface area (Å²) in [5, 5.41) is 9.27. The number of aliphatic hydroxyl groups excluding tert-OH is 1. The first-order valence-corrected chi connectivity index (χ1v) is 10.6. The first-order valence-electron chi connectivity index (χ1n) is 7.49. The highest BCUT2D eigenvalue weighted by atomic mass is 32.3. The minimum Gasteiger partial charge on any atom is -0.396 e. The molecule has 0 aliphatic carbocycles. The number of benzene rings is 2. The molecule has 0 aliphatic rings. The predicted octanol–water partition coefficient (Wildman–Crippen LogP) is 2.28. The highest BCUT2D eigenvalue weighted by molar-refractivity contribution is 8.09. The van der Waals surface area contributed by atoms with Crippen LogP contribution in [0.1, 0.15) is 13.3 Å². The molecule has 7 heteroatoms. The molecule has 0 saturated carbocycles. The highest BCUT2D eigenvalue weighted by Gasteiger charge is 2.40. The second-order valence-electron chi connectivity index (χ2n) is 5.67. The van der Waals surface area contributed by atoms with Crippen molar-refractivity contribution in [2.24, 2.45) is 5.92 Å². The molecule has 1 N–H and O–H groups in total. The largest absolute Gasteiger partial charge is 0.396 e. The average Bonchev–Trinajstić information content (AvgIpc) is 2.60. The van der Waals surface area contributed by atoms with Crippen LogP contribution in [0.3, 0.4) is 0 Å². The van der Waals surface area contributed by atoms with Gasteiger partial charge in [-0.25, -0.2) is 16.8 Å². The summed E-state index contributed by atoms with van der Waals surface area (Å²) in [6.07, 6.45) is -0.176. The van der Waals surface area contributed by atoms with Gasteiger partial charge in [0.25, 0.3) is 0 Å². The second-order valence-corrected chi connectivity index (χ2v) is 10.2. The Hall–Kier alpha value is -1.70. The van der Waals surface area contributed by atoms with E-state index < -0.39 is 30.2 Å². The Morgan fingerprint density at radius 3 is 1.50 bits per heavy atom. The predicted molar refractivity (Wildman–Crippen MR) is 91.9 cm³/mol. The number of hydrogen-bond acceptors (Lipinski definition) is 5.